The Morgan fingerprint density at radius 3 is 2.57 bits per heavy atom. The number of phenols is 1. The molecule has 1 aliphatic rings. The normalized spacial score (nSPS) is 18.1. The van der Waals surface area contributed by atoms with Crippen LogP contribution in [0.15, 0.2) is 24.3 Å². The van der Waals surface area contributed by atoms with E-state index in [1.165, 1.54) is 19.3 Å². The molecule has 0 radical (unpaired) electrons. The quantitative estimate of drug-likeness (QED) is 0.809. The monoisotopic (exact) mass is 289 g/mol. The summed E-state index contributed by atoms with van der Waals surface area (Å²) in [4.78, 5) is 14.1. The van der Waals surface area contributed by atoms with Crippen molar-refractivity contribution >= 4 is 5.78 Å². The summed E-state index contributed by atoms with van der Waals surface area (Å²) >= 11 is 0. The molecule has 3 heteroatoms. The molecule has 2 rings (SSSR count). The van der Waals surface area contributed by atoms with Gasteiger partial charge in [0.25, 0.3) is 0 Å². The van der Waals surface area contributed by atoms with Crippen LogP contribution in [0, 0.1) is 0 Å². The van der Waals surface area contributed by atoms with E-state index in [1.54, 1.807) is 6.07 Å². The van der Waals surface area contributed by atoms with E-state index in [-0.39, 0.29) is 5.54 Å². The zero-order valence-corrected chi connectivity index (χ0v) is 13.3. The average Bonchev–Trinajstić information content (AvgIpc) is 2.48. The molecule has 0 aliphatic heterocycles. The molecule has 0 heterocycles. The summed E-state index contributed by atoms with van der Waals surface area (Å²) in [7, 11) is 2.16. The van der Waals surface area contributed by atoms with Gasteiger partial charge in [0.05, 0.1) is 0 Å². The molecule has 1 fully saturated rings. The fraction of sp³-hybridized carbons (Fsp3) is 0.611. The smallest absolute Gasteiger partial charge is 0.133 e. The van der Waals surface area contributed by atoms with Gasteiger partial charge in [-0.3, -0.25) is 9.69 Å². The van der Waals surface area contributed by atoms with Crippen molar-refractivity contribution in [3.05, 3.63) is 29.8 Å². The maximum Gasteiger partial charge on any atom is 0.133 e. The summed E-state index contributed by atoms with van der Waals surface area (Å²) in [5.74, 6) is 0.679. The minimum atomic E-state index is -0.0968. The van der Waals surface area contributed by atoms with E-state index in [0.29, 0.717) is 24.4 Å². The Morgan fingerprint density at radius 2 is 1.95 bits per heavy atom. The zero-order valence-electron chi connectivity index (χ0n) is 13.3. The number of hydrogen-bond acceptors (Lipinski definition) is 3. The van der Waals surface area contributed by atoms with Crippen LogP contribution in [0.4, 0.5) is 0 Å². The van der Waals surface area contributed by atoms with Crippen LogP contribution in [0.2, 0.25) is 0 Å². The molecule has 0 atom stereocenters. The van der Waals surface area contributed by atoms with E-state index in [0.717, 1.165) is 24.9 Å². The van der Waals surface area contributed by atoms with E-state index in [2.05, 4.69) is 24.9 Å². The van der Waals surface area contributed by atoms with Gasteiger partial charge in [-0.15, -0.1) is 0 Å². The lowest BCUT2D eigenvalue weighted by atomic mass is 9.75. The topological polar surface area (TPSA) is 40.5 Å². The van der Waals surface area contributed by atoms with Crippen LogP contribution < -0.4 is 0 Å². The van der Waals surface area contributed by atoms with Crippen LogP contribution in [0.3, 0.4) is 0 Å². The number of rotatable bonds is 6. The minimum absolute atomic E-state index is 0.0968. The lowest BCUT2D eigenvalue weighted by molar-refractivity contribution is -0.123. The highest BCUT2D eigenvalue weighted by molar-refractivity contribution is 5.79. The van der Waals surface area contributed by atoms with Crippen molar-refractivity contribution in [2.45, 2.75) is 57.4 Å². The number of ketones is 1. The van der Waals surface area contributed by atoms with Gasteiger partial charge in [-0.05, 0) is 50.6 Å². The van der Waals surface area contributed by atoms with Gasteiger partial charge in [0.15, 0.2) is 0 Å². The second-order valence-corrected chi connectivity index (χ2v) is 6.25. The van der Waals surface area contributed by atoms with Crippen LogP contribution in [0.25, 0.3) is 0 Å². The first kappa shape index (κ1) is 16.0. The first-order chi connectivity index (χ1) is 10.1. The van der Waals surface area contributed by atoms with Gasteiger partial charge in [0.1, 0.15) is 11.5 Å². The van der Waals surface area contributed by atoms with E-state index < -0.39 is 0 Å². The fourth-order valence-electron chi connectivity index (χ4n) is 3.44. The van der Waals surface area contributed by atoms with Crippen molar-refractivity contribution in [2.24, 2.45) is 0 Å². The average molecular weight is 289 g/mol. The third-order valence-corrected chi connectivity index (χ3v) is 4.85. The first-order valence-corrected chi connectivity index (χ1v) is 8.11. The van der Waals surface area contributed by atoms with Crippen LogP contribution in [0.1, 0.15) is 57.4 Å². The Hall–Kier alpha value is -1.35. The largest absolute Gasteiger partial charge is 0.508 e. The van der Waals surface area contributed by atoms with Gasteiger partial charge in [-0.2, -0.15) is 0 Å². The molecule has 1 saturated carbocycles. The van der Waals surface area contributed by atoms with Crippen LogP contribution in [-0.2, 0) is 10.3 Å². The molecule has 1 aromatic rings. The van der Waals surface area contributed by atoms with Crippen LogP contribution in [0.5, 0.6) is 5.75 Å². The number of Topliss-reactive ketones (excluding diaryl/α,β-unsaturated/α-hetero) is 1. The molecule has 1 aliphatic carbocycles. The molecular weight excluding hydrogens is 262 g/mol. The van der Waals surface area contributed by atoms with Crippen molar-refractivity contribution < 1.29 is 9.90 Å². The maximum atomic E-state index is 11.7. The van der Waals surface area contributed by atoms with Crippen molar-refractivity contribution in [3.63, 3.8) is 0 Å². The second kappa shape index (κ2) is 7.08. The van der Waals surface area contributed by atoms with E-state index in [1.807, 2.05) is 12.1 Å². The third kappa shape index (κ3) is 3.65. The Balaban J connectivity index is 2.24. The molecular formula is C18H27NO2. The number of benzene rings is 1. The van der Waals surface area contributed by atoms with Crippen molar-refractivity contribution in [1.82, 2.24) is 4.90 Å². The van der Waals surface area contributed by atoms with Gasteiger partial charge in [-0.1, -0.05) is 31.9 Å². The highest BCUT2D eigenvalue weighted by Crippen LogP contribution is 2.41. The number of unbranched alkanes of at least 4 members (excludes halogenated alkanes) is 2. The molecule has 116 valence electrons. The molecule has 0 unspecified atom stereocenters. The standard InChI is InChI=1S/C18H27NO2/c1-3-4-5-13-19(2)18(11-9-16(20)10-12-18)15-7-6-8-17(21)14-15/h6-8,14,21H,3-5,9-13H2,1-2H3. The predicted octanol–water partition coefficient (Wildman–Crippen LogP) is 3.85. The fourth-order valence-corrected chi connectivity index (χ4v) is 3.44. The molecule has 3 nitrogen and oxygen atoms in total. The van der Waals surface area contributed by atoms with Gasteiger partial charge in [-0.25, -0.2) is 0 Å². The molecule has 0 bridgehead atoms. The van der Waals surface area contributed by atoms with Crippen molar-refractivity contribution in [1.29, 1.82) is 0 Å². The summed E-state index contributed by atoms with van der Waals surface area (Å²) in [6, 6.07) is 7.57. The van der Waals surface area contributed by atoms with Crippen LogP contribution >= 0.6 is 0 Å². The summed E-state index contributed by atoms with van der Waals surface area (Å²) in [5.41, 5.74) is 1.05. The molecule has 1 N–H and O–H groups in total. The number of hydrogen-bond donors (Lipinski definition) is 1. The van der Waals surface area contributed by atoms with Crippen molar-refractivity contribution in [2.75, 3.05) is 13.6 Å². The highest BCUT2D eigenvalue weighted by Gasteiger charge is 2.39. The van der Waals surface area contributed by atoms with Gasteiger partial charge >= 0.3 is 0 Å². The lowest BCUT2D eigenvalue weighted by Gasteiger charge is -2.45. The summed E-state index contributed by atoms with van der Waals surface area (Å²) in [6.07, 6.45) is 6.64. The van der Waals surface area contributed by atoms with Gasteiger partial charge < -0.3 is 5.11 Å². The predicted molar refractivity (Wildman–Crippen MR) is 85.4 cm³/mol. The van der Waals surface area contributed by atoms with E-state index in [9.17, 15) is 9.90 Å². The molecule has 1 aromatic carbocycles. The molecule has 0 aromatic heterocycles. The highest BCUT2D eigenvalue weighted by atomic mass is 16.3. The minimum Gasteiger partial charge on any atom is -0.508 e. The Kier molecular flexibility index (Phi) is 5.40. The maximum absolute atomic E-state index is 11.7. The summed E-state index contributed by atoms with van der Waals surface area (Å²) in [5, 5.41) is 9.82. The Morgan fingerprint density at radius 1 is 1.24 bits per heavy atom. The number of carbonyl (C=O) groups is 1. The number of nitrogens with zero attached hydrogens (tertiary/aromatic N) is 1. The molecule has 0 amide bonds. The Bertz CT molecular complexity index is 474. The molecule has 0 saturated heterocycles. The Labute approximate surface area is 128 Å². The number of carbonyl (C=O) groups excluding carboxylic acids is 1. The van der Waals surface area contributed by atoms with E-state index >= 15 is 0 Å². The zero-order chi connectivity index (χ0) is 15.3. The molecule has 21 heavy (non-hydrogen) atoms. The van der Waals surface area contributed by atoms with Gasteiger partial charge in [0, 0.05) is 18.4 Å². The lowest BCUT2D eigenvalue weighted by Crippen LogP contribution is -2.47. The third-order valence-electron chi connectivity index (χ3n) is 4.85. The van der Waals surface area contributed by atoms with E-state index in [4.69, 9.17) is 0 Å². The molecule has 0 spiro atoms. The number of aromatic hydroxyl groups is 1. The first-order valence-electron chi connectivity index (χ1n) is 8.11. The SMILES string of the molecule is CCCCCN(C)C1(c2cccc(O)c2)CCC(=O)CC1. The summed E-state index contributed by atoms with van der Waals surface area (Å²) < 4.78 is 0. The van der Waals surface area contributed by atoms with Crippen LogP contribution in [-0.4, -0.2) is 29.4 Å². The van der Waals surface area contributed by atoms with Crippen molar-refractivity contribution in [3.8, 4) is 5.75 Å². The number of phenolic OH excluding ortho intramolecular Hbond substituents is 1. The van der Waals surface area contributed by atoms with Gasteiger partial charge in [0.2, 0.25) is 0 Å². The summed E-state index contributed by atoms with van der Waals surface area (Å²) in [6.45, 7) is 3.25. The second-order valence-electron chi connectivity index (χ2n) is 6.25.